The molecule has 3 N–H and O–H groups in total. The molecule has 0 rings (SSSR count). The second-order valence-electron chi connectivity index (χ2n) is 6.36. The molecule has 0 spiro atoms. The van der Waals surface area contributed by atoms with Gasteiger partial charge in [-0.15, -0.1) is 0 Å². The third kappa shape index (κ3) is 13.8. The van der Waals surface area contributed by atoms with Crippen LogP contribution in [0.2, 0.25) is 0 Å². The van der Waals surface area contributed by atoms with Gasteiger partial charge in [-0.25, -0.2) is 0 Å². The topological polar surface area (TPSA) is 68.8 Å². The van der Waals surface area contributed by atoms with Crippen molar-refractivity contribution < 1.29 is 18.0 Å². The van der Waals surface area contributed by atoms with Crippen LogP contribution in [-0.2, 0) is 4.79 Å². The molecule has 0 aliphatic heterocycles. The van der Waals surface area contributed by atoms with Crippen LogP contribution in [0.15, 0.2) is 4.99 Å². The summed E-state index contributed by atoms with van der Waals surface area (Å²) in [5, 5.41) is 8.61. The minimum Gasteiger partial charge on any atom is -0.356 e. The number of hydrogen-bond acceptors (Lipinski definition) is 3. The summed E-state index contributed by atoms with van der Waals surface area (Å²) in [4.78, 5) is 16.8. The van der Waals surface area contributed by atoms with Gasteiger partial charge < -0.3 is 16.0 Å². The van der Waals surface area contributed by atoms with Crippen LogP contribution in [0.1, 0.15) is 27.2 Å². The van der Waals surface area contributed by atoms with E-state index in [9.17, 15) is 18.0 Å². The van der Waals surface area contributed by atoms with E-state index in [1.165, 1.54) is 11.9 Å². The predicted molar refractivity (Wildman–Crippen MR) is 85.4 cm³/mol. The number of halogens is 3. The molecular formula is C14H28F3N5O. The van der Waals surface area contributed by atoms with E-state index in [0.29, 0.717) is 25.5 Å². The molecule has 0 saturated carbocycles. The standard InChI is InChI=1S/C14H28F3N5O/c1-13(2,3)21-11(23)9-20-12(18-4)19-7-6-8-22(5)10-14(15,16)17/h6-10H2,1-5H3,(H,21,23)(H2,18,19,20). The van der Waals surface area contributed by atoms with Gasteiger partial charge in [-0.05, 0) is 40.8 Å². The zero-order valence-corrected chi connectivity index (χ0v) is 14.5. The third-order valence-corrected chi connectivity index (χ3v) is 2.61. The van der Waals surface area contributed by atoms with Crippen molar-refractivity contribution in [3.05, 3.63) is 0 Å². The molecule has 0 aliphatic rings. The Kier molecular flexibility index (Phi) is 8.96. The second-order valence-corrected chi connectivity index (χ2v) is 6.36. The van der Waals surface area contributed by atoms with Crippen LogP contribution in [0.5, 0.6) is 0 Å². The number of rotatable bonds is 7. The fourth-order valence-corrected chi connectivity index (χ4v) is 1.79. The molecule has 0 aromatic carbocycles. The smallest absolute Gasteiger partial charge is 0.356 e. The summed E-state index contributed by atoms with van der Waals surface area (Å²) in [6.07, 6.45) is -3.65. The minimum absolute atomic E-state index is 0.0743. The fourth-order valence-electron chi connectivity index (χ4n) is 1.79. The zero-order chi connectivity index (χ0) is 18.1. The summed E-state index contributed by atoms with van der Waals surface area (Å²) < 4.78 is 36.5. The van der Waals surface area contributed by atoms with E-state index in [2.05, 4.69) is 20.9 Å². The average molecular weight is 339 g/mol. The Bertz CT molecular complexity index is 391. The van der Waals surface area contributed by atoms with Crippen molar-refractivity contribution in [2.45, 2.75) is 38.9 Å². The first-order valence-electron chi connectivity index (χ1n) is 7.44. The highest BCUT2D eigenvalue weighted by Gasteiger charge is 2.28. The fraction of sp³-hybridized carbons (Fsp3) is 0.857. The number of hydrogen-bond donors (Lipinski definition) is 3. The molecule has 0 saturated heterocycles. The molecule has 0 aromatic rings. The number of nitrogens with zero attached hydrogens (tertiary/aromatic N) is 2. The quantitative estimate of drug-likeness (QED) is 0.367. The van der Waals surface area contributed by atoms with Crippen molar-refractivity contribution in [3.8, 4) is 0 Å². The molecule has 23 heavy (non-hydrogen) atoms. The Morgan fingerprint density at radius 3 is 2.26 bits per heavy atom. The first-order chi connectivity index (χ1) is 10.4. The molecule has 0 unspecified atom stereocenters. The maximum Gasteiger partial charge on any atom is 0.401 e. The van der Waals surface area contributed by atoms with E-state index < -0.39 is 12.7 Å². The van der Waals surface area contributed by atoms with Gasteiger partial charge >= 0.3 is 6.18 Å². The molecule has 0 aliphatic carbocycles. The third-order valence-electron chi connectivity index (χ3n) is 2.61. The van der Waals surface area contributed by atoms with E-state index in [-0.39, 0.29) is 18.0 Å². The summed E-state index contributed by atoms with van der Waals surface area (Å²) in [5.41, 5.74) is -0.307. The van der Waals surface area contributed by atoms with Crippen molar-refractivity contribution in [3.63, 3.8) is 0 Å². The number of guanidine groups is 1. The molecule has 1 amide bonds. The minimum atomic E-state index is -4.18. The lowest BCUT2D eigenvalue weighted by Gasteiger charge is -2.21. The van der Waals surface area contributed by atoms with Crippen molar-refractivity contribution >= 4 is 11.9 Å². The number of carbonyl (C=O) groups is 1. The highest BCUT2D eigenvalue weighted by Crippen LogP contribution is 2.15. The van der Waals surface area contributed by atoms with Gasteiger partial charge in [-0.2, -0.15) is 13.2 Å². The van der Waals surface area contributed by atoms with Gasteiger partial charge in [-0.3, -0.25) is 14.7 Å². The summed E-state index contributed by atoms with van der Waals surface area (Å²) >= 11 is 0. The maximum atomic E-state index is 12.2. The van der Waals surface area contributed by atoms with Gasteiger partial charge in [0, 0.05) is 19.1 Å². The van der Waals surface area contributed by atoms with E-state index in [1.807, 2.05) is 20.8 Å². The lowest BCUT2D eigenvalue weighted by molar-refractivity contribution is -0.143. The SMILES string of the molecule is CN=C(NCCCN(C)CC(F)(F)F)NCC(=O)NC(C)(C)C. The highest BCUT2D eigenvalue weighted by atomic mass is 19.4. The van der Waals surface area contributed by atoms with Crippen LogP contribution < -0.4 is 16.0 Å². The Hall–Kier alpha value is -1.51. The molecule has 0 heterocycles. The van der Waals surface area contributed by atoms with Crippen molar-refractivity contribution in [1.29, 1.82) is 0 Å². The maximum absolute atomic E-state index is 12.2. The normalized spacial score (nSPS) is 13.2. The summed E-state index contributed by atoms with van der Waals surface area (Å²) in [6.45, 7) is 5.58. The van der Waals surface area contributed by atoms with Crippen molar-refractivity contribution in [2.24, 2.45) is 4.99 Å². The summed E-state index contributed by atoms with van der Waals surface area (Å²) in [6, 6.07) is 0. The Labute approximate surface area is 135 Å². The molecule has 0 bridgehead atoms. The number of alkyl halides is 3. The van der Waals surface area contributed by atoms with Gasteiger partial charge in [0.1, 0.15) is 0 Å². The monoisotopic (exact) mass is 339 g/mol. The Morgan fingerprint density at radius 1 is 1.17 bits per heavy atom. The van der Waals surface area contributed by atoms with Crippen LogP contribution in [-0.4, -0.2) is 68.8 Å². The summed E-state index contributed by atoms with van der Waals surface area (Å²) in [5.74, 6) is 0.276. The number of aliphatic imine (C=N–C) groups is 1. The van der Waals surface area contributed by atoms with Gasteiger partial charge in [0.15, 0.2) is 5.96 Å². The Balaban J connectivity index is 3.94. The largest absolute Gasteiger partial charge is 0.401 e. The van der Waals surface area contributed by atoms with E-state index in [1.54, 1.807) is 7.05 Å². The van der Waals surface area contributed by atoms with Gasteiger partial charge in [0.05, 0.1) is 13.1 Å². The predicted octanol–water partition coefficient (Wildman–Crippen LogP) is 0.950. The number of nitrogens with one attached hydrogen (secondary N) is 3. The lowest BCUT2D eigenvalue weighted by Crippen LogP contribution is -2.48. The zero-order valence-electron chi connectivity index (χ0n) is 14.5. The van der Waals surface area contributed by atoms with Crippen molar-refractivity contribution in [1.82, 2.24) is 20.9 Å². The summed E-state index contributed by atoms with van der Waals surface area (Å²) in [7, 11) is 2.99. The second kappa shape index (κ2) is 9.59. The molecule has 0 fully saturated rings. The molecule has 6 nitrogen and oxygen atoms in total. The first-order valence-corrected chi connectivity index (χ1v) is 7.44. The Morgan fingerprint density at radius 2 is 1.78 bits per heavy atom. The first kappa shape index (κ1) is 21.5. The van der Waals surface area contributed by atoms with Crippen molar-refractivity contribution in [2.75, 3.05) is 40.3 Å². The number of carbonyl (C=O) groups excluding carboxylic acids is 1. The van der Waals surface area contributed by atoms with Crippen LogP contribution in [0.4, 0.5) is 13.2 Å². The molecule has 9 heteroatoms. The number of amides is 1. The van der Waals surface area contributed by atoms with Gasteiger partial charge in [0.2, 0.25) is 5.91 Å². The highest BCUT2D eigenvalue weighted by molar-refractivity contribution is 5.86. The van der Waals surface area contributed by atoms with E-state index in [0.717, 1.165) is 0 Å². The van der Waals surface area contributed by atoms with Gasteiger partial charge in [0.25, 0.3) is 0 Å². The molecule has 136 valence electrons. The average Bonchev–Trinajstić information content (AvgIpc) is 2.33. The lowest BCUT2D eigenvalue weighted by atomic mass is 10.1. The van der Waals surface area contributed by atoms with Crippen LogP contribution in [0.25, 0.3) is 0 Å². The molecule has 0 aromatic heterocycles. The van der Waals surface area contributed by atoms with Crippen LogP contribution >= 0.6 is 0 Å². The van der Waals surface area contributed by atoms with Gasteiger partial charge in [-0.1, -0.05) is 0 Å². The van der Waals surface area contributed by atoms with E-state index >= 15 is 0 Å². The molecular weight excluding hydrogens is 311 g/mol. The van der Waals surface area contributed by atoms with Crippen LogP contribution in [0, 0.1) is 0 Å². The van der Waals surface area contributed by atoms with Crippen LogP contribution in [0.3, 0.4) is 0 Å². The molecule has 0 atom stereocenters. The van der Waals surface area contributed by atoms with E-state index in [4.69, 9.17) is 0 Å². The molecule has 0 radical (unpaired) electrons.